The number of carbonyl (C=O) groups is 1. The molecular formula is C12H23N5O. The summed E-state index contributed by atoms with van der Waals surface area (Å²) in [6.07, 6.45) is 0. The van der Waals surface area contributed by atoms with Gasteiger partial charge in [-0.1, -0.05) is 6.92 Å². The standard InChI is InChI=1S/C12H23N5O/c1-6-17(8-11(18)13-3)7-10-9(2)15-16(5)12(10)14-4/h14H,6-8H2,1-5H3,(H,13,18). The Bertz CT molecular complexity index is 413. The number of carbonyl (C=O) groups excluding carboxylic acids is 1. The van der Waals surface area contributed by atoms with Crippen LogP contribution in [0.2, 0.25) is 0 Å². The molecule has 1 heterocycles. The van der Waals surface area contributed by atoms with Gasteiger partial charge in [-0.2, -0.15) is 5.10 Å². The summed E-state index contributed by atoms with van der Waals surface area (Å²) in [5.74, 6) is 1.03. The molecule has 0 aromatic carbocycles. The van der Waals surface area contributed by atoms with Gasteiger partial charge in [-0.25, -0.2) is 0 Å². The molecule has 6 heteroatoms. The molecule has 0 bridgehead atoms. The Hall–Kier alpha value is -1.56. The average Bonchev–Trinajstić information content (AvgIpc) is 2.62. The van der Waals surface area contributed by atoms with E-state index < -0.39 is 0 Å². The Labute approximate surface area is 108 Å². The zero-order valence-electron chi connectivity index (χ0n) is 11.9. The van der Waals surface area contributed by atoms with Gasteiger partial charge in [0.15, 0.2) is 0 Å². The molecule has 0 unspecified atom stereocenters. The molecule has 0 aliphatic rings. The average molecular weight is 253 g/mol. The van der Waals surface area contributed by atoms with Crippen molar-refractivity contribution in [3.8, 4) is 0 Å². The Morgan fingerprint density at radius 3 is 2.61 bits per heavy atom. The van der Waals surface area contributed by atoms with Crippen molar-refractivity contribution in [2.45, 2.75) is 20.4 Å². The molecule has 1 amide bonds. The number of aromatic nitrogens is 2. The highest BCUT2D eigenvalue weighted by atomic mass is 16.1. The van der Waals surface area contributed by atoms with Gasteiger partial charge in [0, 0.05) is 33.3 Å². The van der Waals surface area contributed by atoms with Crippen molar-refractivity contribution in [2.24, 2.45) is 7.05 Å². The van der Waals surface area contributed by atoms with Crippen LogP contribution in [0, 0.1) is 6.92 Å². The van der Waals surface area contributed by atoms with Crippen LogP contribution in [0.25, 0.3) is 0 Å². The summed E-state index contributed by atoms with van der Waals surface area (Å²) in [4.78, 5) is 13.5. The van der Waals surface area contributed by atoms with Crippen LogP contribution >= 0.6 is 0 Å². The van der Waals surface area contributed by atoms with Gasteiger partial charge in [0.2, 0.25) is 5.91 Å². The van der Waals surface area contributed by atoms with Gasteiger partial charge >= 0.3 is 0 Å². The molecule has 0 fully saturated rings. The lowest BCUT2D eigenvalue weighted by molar-refractivity contribution is -0.121. The third-order valence-electron chi connectivity index (χ3n) is 3.06. The van der Waals surface area contributed by atoms with Gasteiger partial charge in [-0.15, -0.1) is 0 Å². The quantitative estimate of drug-likeness (QED) is 0.767. The number of anilines is 1. The molecule has 1 rings (SSSR count). The number of rotatable bonds is 6. The van der Waals surface area contributed by atoms with Gasteiger partial charge in [0.05, 0.1) is 12.2 Å². The molecule has 0 atom stereocenters. The first-order chi connectivity index (χ1) is 8.53. The minimum atomic E-state index is 0.0319. The molecule has 0 saturated carbocycles. The van der Waals surface area contributed by atoms with Crippen molar-refractivity contribution in [1.82, 2.24) is 20.0 Å². The smallest absolute Gasteiger partial charge is 0.233 e. The highest BCUT2D eigenvalue weighted by molar-refractivity contribution is 5.77. The van der Waals surface area contributed by atoms with Crippen LogP contribution in [0.3, 0.4) is 0 Å². The summed E-state index contributed by atoms with van der Waals surface area (Å²) in [5, 5.41) is 10.2. The third-order valence-corrected chi connectivity index (χ3v) is 3.06. The molecule has 1 aromatic heterocycles. The lowest BCUT2D eigenvalue weighted by atomic mass is 10.2. The first kappa shape index (κ1) is 14.5. The van der Waals surface area contributed by atoms with Crippen molar-refractivity contribution in [2.75, 3.05) is 32.5 Å². The number of nitrogens with one attached hydrogen (secondary N) is 2. The predicted octanol–water partition coefficient (Wildman–Crippen LogP) is 0.338. The van der Waals surface area contributed by atoms with E-state index in [9.17, 15) is 4.79 Å². The van der Waals surface area contributed by atoms with Crippen LogP contribution in [0.15, 0.2) is 0 Å². The van der Waals surface area contributed by atoms with Gasteiger partial charge in [-0.3, -0.25) is 14.4 Å². The fourth-order valence-corrected chi connectivity index (χ4v) is 1.99. The Morgan fingerprint density at radius 1 is 1.44 bits per heavy atom. The van der Waals surface area contributed by atoms with E-state index in [1.54, 1.807) is 7.05 Å². The van der Waals surface area contributed by atoms with Gasteiger partial charge in [0.25, 0.3) is 0 Å². The summed E-state index contributed by atoms with van der Waals surface area (Å²) in [6.45, 7) is 5.99. The summed E-state index contributed by atoms with van der Waals surface area (Å²) in [6, 6.07) is 0. The molecule has 1 aromatic rings. The zero-order chi connectivity index (χ0) is 13.7. The van der Waals surface area contributed by atoms with Gasteiger partial charge < -0.3 is 10.6 Å². The van der Waals surface area contributed by atoms with E-state index in [4.69, 9.17) is 0 Å². The second kappa shape index (κ2) is 6.39. The summed E-state index contributed by atoms with van der Waals surface area (Å²) in [7, 11) is 5.46. The lowest BCUT2D eigenvalue weighted by Gasteiger charge is -2.19. The van der Waals surface area contributed by atoms with Crippen LogP contribution in [0.5, 0.6) is 0 Å². The highest BCUT2D eigenvalue weighted by Crippen LogP contribution is 2.19. The third kappa shape index (κ3) is 3.22. The van der Waals surface area contributed by atoms with E-state index in [1.165, 1.54) is 0 Å². The molecule has 0 aliphatic heterocycles. The molecule has 102 valence electrons. The van der Waals surface area contributed by atoms with E-state index in [0.29, 0.717) is 6.54 Å². The van der Waals surface area contributed by atoms with Crippen LogP contribution in [-0.2, 0) is 18.4 Å². The van der Waals surface area contributed by atoms with Crippen molar-refractivity contribution in [3.63, 3.8) is 0 Å². The summed E-state index contributed by atoms with van der Waals surface area (Å²) in [5.41, 5.74) is 2.14. The second-order valence-electron chi connectivity index (χ2n) is 4.26. The maximum Gasteiger partial charge on any atom is 0.233 e. The number of hydrogen-bond donors (Lipinski definition) is 2. The topological polar surface area (TPSA) is 62.2 Å². The van der Waals surface area contributed by atoms with E-state index in [2.05, 4.69) is 20.6 Å². The molecule has 18 heavy (non-hydrogen) atoms. The monoisotopic (exact) mass is 253 g/mol. The number of nitrogens with zero attached hydrogens (tertiary/aromatic N) is 3. The molecule has 0 spiro atoms. The normalized spacial score (nSPS) is 10.8. The zero-order valence-corrected chi connectivity index (χ0v) is 11.9. The number of aryl methyl sites for hydroxylation is 2. The number of amides is 1. The van der Waals surface area contributed by atoms with Crippen molar-refractivity contribution >= 4 is 11.7 Å². The molecule has 6 nitrogen and oxygen atoms in total. The molecular weight excluding hydrogens is 230 g/mol. The van der Waals surface area contributed by atoms with Crippen LogP contribution in [0.1, 0.15) is 18.2 Å². The highest BCUT2D eigenvalue weighted by Gasteiger charge is 2.16. The van der Waals surface area contributed by atoms with Gasteiger partial charge in [-0.05, 0) is 13.5 Å². The van der Waals surface area contributed by atoms with E-state index in [-0.39, 0.29) is 5.91 Å². The molecule has 0 aliphatic carbocycles. The second-order valence-corrected chi connectivity index (χ2v) is 4.26. The Kier molecular flexibility index (Phi) is 5.15. The van der Waals surface area contributed by atoms with Crippen LogP contribution in [0.4, 0.5) is 5.82 Å². The summed E-state index contributed by atoms with van der Waals surface area (Å²) < 4.78 is 1.83. The first-order valence-electron chi connectivity index (χ1n) is 6.16. The predicted molar refractivity (Wildman–Crippen MR) is 72.5 cm³/mol. The summed E-state index contributed by atoms with van der Waals surface area (Å²) >= 11 is 0. The van der Waals surface area contributed by atoms with Crippen molar-refractivity contribution in [1.29, 1.82) is 0 Å². The van der Waals surface area contributed by atoms with E-state index >= 15 is 0 Å². The van der Waals surface area contributed by atoms with Crippen LogP contribution in [-0.4, -0.2) is 47.8 Å². The SMILES string of the molecule is CCN(CC(=O)NC)Cc1c(C)nn(C)c1NC. The maximum absolute atomic E-state index is 11.4. The fourth-order valence-electron chi connectivity index (χ4n) is 1.99. The minimum Gasteiger partial charge on any atom is -0.373 e. The number of likely N-dealkylation sites (N-methyl/N-ethyl adjacent to an activating group) is 2. The minimum absolute atomic E-state index is 0.0319. The van der Waals surface area contributed by atoms with Crippen molar-refractivity contribution < 1.29 is 4.79 Å². The number of hydrogen-bond acceptors (Lipinski definition) is 4. The lowest BCUT2D eigenvalue weighted by Crippen LogP contribution is -2.35. The molecule has 0 radical (unpaired) electrons. The van der Waals surface area contributed by atoms with E-state index in [0.717, 1.165) is 30.2 Å². The Balaban J connectivity index is 2.84. The molecule has 0 saturated heterocycles. The van der Waals surface area contributed by atoms with Crippen molar-refractivity contribution in [3.05, 3.63) is 11.3 Å². The largest absolute Gasteiger partial charge is 0.373 e. The maximum atomic E-state index is 11.4. The van der Waals surface area contributed by atoms with Gasteiger partial charge in [0.1, 0.15) is 5.82 Å². The fraction of sp³-hybridized carbons (Fsp3) is 0.667. The van der Waals surface area contributed by atoms with E-state index in [1.807, 2.05) is 32.6 Å². The first-order valence-corrected chi connectivity index (χ1v) is 6.16. The van der Waals surface area contributed by atoms with Crippen LogP contribution < -0.4 is 10.6 Å². The Morgan fingerprint density at radius 2 is 2.11 bits per heavy atom. The molecule has 2 N–H and O–H groups in total.